The Morgan fingerprint density at radius 1 is 1.58 bits per heavy atom. The van der Waals surface area contributed by atoms with Crippen molar-refractivity contribution in [1.29, 1.82) is 0 Å². The minimum atomic E-state index is -0.340. The molecule has 0 unspecified atom stereocenters. The van der Waals surface area contributed by atoms with Crippen LogP contribution in [0.5, 0.6) is 0 Å². The molecule has 60 valence electrons. The number of carbonyl (C=O) groups excluding carboxylic acids is 1. The Bertz CT molecular complexity index is 365. The highest BCUT2D eigenvalue weighted by Gasteiger charge is 2.03. The van der Waals surface area contributed by atoms with Gasteiger partial charge in [-0.05, 0) is 46.7 Å². The molecule has 0 atom stereocenters. The maximum atomic E-state index is 11.0. The van der Waals surface area contributed by atoms with Gasteiger partial charge in [0.25, 0.3) is 0 Å². The SMILES string of the molecule is C#CC(=O)c1ccc(I)c(Cl)c1. The van der Waals surface area contributed by atoms with Gasteiger partial charge in [0.2, 0.25) is 5.78 Å². The predicted molar refractivity (Wildman–Crippen MR) is 57.3 cm³/mol. The van der Waals surface area contributed by atoms with E-state index < -0.39 is 0 Å². The molecular formula is C9H4ClIO. The molecule has 0 saturated carbocycles. The number of hydrogen-bond acceptors (Lipinski definition) is 1. The minimum Gasteiger partial charge on any atom is -0.279 e. The number of carbonyl (C=O) groups is 1. The summed E-state index contributed by atoms with van der Waals surface area (Å²) < 4.78 is 0.905. The van der Waals surface area contributed by atoms with Crippen molar-refractivity contribution in [2.24, 2.45) is 0 Å². The second-order valence-corrected chi connectivity index (χ2v) is 3.67. The highest BCUT2D eigenvalue weighted by atomic mass is 127. The van der Waals surface area contributed by atoms with Crippen LogP contribution in [-0.4, -0.2) is 5.78 Å². The fourth-order valence-electron chi connectivity index (χ4n) is 0.721. The summed E-state index contributed by atoms with van der Waals surface area (Å²) in [6.07, 6.45) is 4.95. The third-order valence-electron chi connectivity index (χ3n) is 1.31. The summed E-state index contributed by atoms with van der Waals surface area (Å²) in [5, 5.41) is 0.553. The first kappa shape index (κ1) is 9.56. The van der Waals surface area contributed by atoms with E-state index in [1.807, 2.05) is 5.92 Å². The van der Waals surface area contributed by atoms with Gasteiger partial charge in [-0.25, -0.2) is 0 Å². The van der Waals surface area contributed by atoms with Crippen molar-refractivity contribution in [2.45, 2.75) is 0 Å². The normalized spacial score (nSPS) is 9.08. The molecule has 1 aromatic rings. The number of terminal acetylenes is 1. The van der Waals surface area contributed by atoms with Gasteiger partial charge in [0.1, 0.15) is 0 Å². The van der Waals surface area contributed by atoms with Crippen LogP contribution < -0.4 is 0 Å². The van der Waals surface area contributed by atoms with Crippen LogP contribution in [0.25, 0.3) is 0 Å². The fraction of sp³-hybridized carbons (Fsp3) is 0. The third-order valence-corrected chi connectivity index (χ3v) is 2.89. The van der Waals surface area contributed by atoms with E-state index >= 15 is 0 Å². The lowest BCUT2D eigenvalue weighted by Crippen LogP contribution is -1.94. The Kier molecular flexibility index (Phi) is 3.12. The highest BCUT2D eigenvalue weighted by Crippen LogP contribution is 2.19. The quantitative estimate of drug-likeness (QED) is 0.336. The van der Waals surface area contributed by atoms with E-state index in [0.29, 0.717) is 10.6 Å². The Hall–Kier alpha value is -0.530. The second-order valence-electron chi connectivity index (χ2n) is 2.10. The molecule has 0 aliphatic heterocycles. The van der Waals surface area contributed by atoms with Crippen LogP contribution in [0.15, 0.2) is 18.2 Å². The summed E-state index contributed by atoms with van der Waals surface area (Å²) in [5.74, 6) is 1.69. The molecule has 1 nitrogen and oxygen atoms in total. The maximum absolute atomic E-state index is 11.0. The number of hydrogen-bond donors (Lipinski definition) is 0. The Morgan fingerprint density at radius 3 is 2.75 bits per heavy atom. The van der Waals surface area contributed by atoms with E-state index in [9.17, 15) is 4.79 Å². The van der Waals surface area contributed by atoms with E-state index in [0.717, 1.165) is 3.57 Å². The number of halogens is 2. The van der Waals surface area contributed by atoms with Crippen LogP contribution in [0.2, 0.25) is 5.02 Å². The van der Waals surface area contributed by atoms with Crippen LogP contribution in [0.4, 0.5) is 0 Å². The predicted octanol–water partition coefficient (Wildman–Crippen LogP) is 2.76. The zero-order valence-corrected chi connectivity index (χ0v) is 8.89. The Labute approximate surface area is 89.3 Å². The molecule has 0 amide bonds. The third kappa shape index (κ3) is 1.99. The number of rotatable bonds is 1. The van der Waals surface area contributed by atoms with Crippen LogP contribution in [0.3, 0.4) is 0 Å². The molecule has 0 N–H and O–H groups in total. The average molecular weight is 290 g/mol. The lowest BCUT2D eigenvalue weighted by molar-refractivity contribution is 0.105. The first-order valence-electron chi connectivity index (χ1n) is 3.11. The van der Waals surface area contributed by atoms with E-state index in [1.165, 1.54) is 0 Å². The van der Waals surface area contributed by atoms with Crippen LogP contribution in [-0.2, 0) is 0 Å². The van der Waals surface area contributed by atoms with Crippen molar-refractivity contribution in [2.75, 3.05) is 0 Å². The minimum absolute atomic E-state index is 0.340. The first-order chi connectivity index (χ1) is 5.65. The van der Waals surface area contributed by atoms with Gasteiger partial charge in [-0.2, -0.15) is 0 Å². The fourth-order valence-corrected chi connectivity index (χ4v) is 1.24. The Balaban J connectivity index is 3.15. The molecule has 0 radical (unpaired) electrons. The molecule has 1 aromatic carbocycles. The summed E-state index contributed by atoms with van der Waals surface area (Å²) >= 11 is 7.87. The maximum Gasteiger partial charge on any atom is 0.235 e. The van der Waals surface area contributed by atoms with Crippen LogP contribution in [0, 0.1) is 15.9 Å². The molecule has 0 spiro atoms. The van der Waals surface area contributed by atoms with Gasteiger partial charge >= 0.3 is 0 Å². The van der Waals surface area contributed by atoms with Crippen molar-refractivity contribution in [3.8, 4) is 12.3 Å². The molecule has 12 heavy (non-hydrogen) atoms. The lowest BCUT2D eigenvalue weighted by atomic mass is 10.1. The molecule has 0 fully saturated rings. The largest absolute Gasteiger partial charge is 0.279 e. The van der Waals surface area contributed by atoms with E-state index in [-0.39, 0.29) is 5.78 Å². The Morgan fingerprint density at radius 2 is 2.25 bits per heavy atom. The summed E-state index contributed by atoms with van der Waals surface area (Å²) in [4.78, 5) is 11.0. The van der Waals surface area contributed by atoms with Gasteiger partial charge in [-0.15, -0.1) is 6.42 Å². The molecule has 0 heterocycles. The summed E-state index contributed by atoms with van der Waals surface area (Å²) in [7, 11) is 0. The zero-order valence-electron chi connectivity index (χ0n) is 5.97. The molecule has 0 saturated heterocycles. The van der Waals surface area contributed by atoms with E-state index in [1.54, 1.807) is 18.2 Å². The topological polar surface area (TPSA) is 17.1 Å². The van der Waals surface area contributed by atoms with Gasteiger partial charge in [0, 0.05) is 9.13 Å². The van der Waals surface area contributed by atoms with Gasteiger partial charge in [-0.3, -0.25) is 4.79 Å². The van der Waals surface area contributed by atoms with Gasteiger partial charge < -0.3 is 0 Å². The molecule has 0 aliphatic carbocycles. The smallest absolute Gasteiger partial charge is 0.235 e. The molecular weight excluding hydrogens is 286 g/mol. The van der Waals surface area contributed by atoms with Crippen molar-refractivity contribution in [3.63, 3.8) is 0 Å². The molecule has 0 aliphatic rings. The number of Topliss-reactive ketones (excluding diaryl/α,β-unsaturated/α-hetero) is 1. The summed E-state index contributed by atoms with van der Waals surface area (Å²) in [5.41, 5.74) is 0.461. The van der Waals surface area contributed by atoms with Crippen LogP contribution >= 0.6 is 34.2 Å². The highest BCUT2D eigenvalue weighted by molar-refractivity contribution is 14.1. The van der Waals surface area contributed by atoms with E-state index in [2.05, 4.69) is 22.6 Å². The van der Waals surface area contributed by atoms with Crippen molar-refractivity contribution in [1.82, 2.24) is 0 Å². The summed E-state index contributed by atoms with van der Waals surface area (Å²) in [6.45, 7) is 0. The van der Waals surface area contributed by atoms with E-state index in [4.69, 9.17) is 18.0 Å². The summed E-state index contributed by atoms with van der Waals surface area (Å²) in [6, 6.07) is 4.99. The van der Waals surface area contributed by atoms with Gasteiger partial charge in [0.05, 0.1) is 5.02 Å². The zero-order chi connectivity index (χ0) is 9.14. The molecule has 0 aromatic heterocycles. The molecule has 1 rings (SSSR count). The second kappa shape index (κ2) is 3.92. The first-order valence-corrected chi connectivity index (χ1v) is 4.57. The van der Waals surface area contributed by atoms with Crippen molar-refractivity contribution >= 4 is 40.0 Å². The van der Waals surface area contributed by atoms with Crippen molar-refractivity contribution < 1.29 is 4.79 Å². The standard InChI is InChI=1S/C9H4ClIO/c1-2-9(12)6-3-4-8(11)7(10)5-6/h1,3-5H. The van der Waals surface area contributed by atoms with Gasteiger partial charge in [-0.1, -0.05) is 11.6 Å². The molecule has 3 heteroatoms. The molecule has 0 bridgehead atoms. The monoisotopic (exact) mass is 290 g/mol. The van der Waals surface area contributed by atoms with Gasteiger partial charge in [0.15, 0.2) is 0 Å². The number of benzene rings is 1. The lowest BCUT2D eigenvalue weighted by Gasteiger charge is -1.97. The number of ketones is 1. The van der Waals surface area contributed by atoms with Crippen molar-refractivity contribution in [3.05, 3.63) is 32.4 Å². The van der Waals surface area contributed by atoms with Crippen LogP contribution in [0.1, 0.15) is 10.4 Å². The average Bonchev–Trinajstić information content (AvgIpc) is 2.08.